The monoisotopic (exact) mass is 274 g/mol. The Morgan fingerprint density at radius 3 is 2.90 bits per heavy atom. The van der Waals surface area contributed by atoms with Crippen LogP contribution in [0.2, 0.25) is 0 Å². The van der Waals surface area contributed by atoms with Crippen LogP contribution < -0.4 is 10.1 Å². The zero-order chi connectivity index (χ0) is 14.2. The molecule has 0 aliphatic heterocycles. The lowest BCUT2D eigenvalue weighted by Crippen LogP contribution is -2.17. The van der Waals surface area contributed by atoms with Crippen molar-refractivity contribution < 1.29 is 4.74 Å². The Bertz CT molecular complexity index is 496. The van der Waals surface area contributed by atoms with Crippen molar-refractivity contribution in [3.05, 3.63) is 42.0 Å². The van der Waals surface area contributed by atoms with E-state index in [-0.39, 0.29) is 6.10 Å². The quantitative estimate of drug-likeness (QED) is 0.725. The van der Waals surface area contributed by atoms with Crippen LogP contribution >= 0.6 is 0 Å². The summed E-state index contributed by atoms with van der Waals surface area (Å²) in [7, 11) is 0. The maximum absolute atomic E-state index is 5.80. The van der Waals surface area contributed by atoms with Crippen LogP contribution in [0.15, 0.2) is 30.6 Å². The molecule has 0 radical (unpaired) electrons. The second kappa shape index (κ2) is 7.65. The number of ether oxygens (including phenoxy) is 1. The highest BCUT2D eigenvalue weighted by Gasteiger charge is 2.04. The normalized spacial score (nSPS) is 10.9. The van der Waals surface area contributed by atoms with Crippen LogP contribution in [-0.2, 0) is 13.0 Å². The van der Waals surface area contributed by atoms with Crippen molar-refractivity contribution in [2.24, 2.45) is 0 Å². The standard InChI is InChI=1S/C15H22N4O/c1-12(2)20-14-7-4-3-6-13(14)10-16-9-5-8-15-17-11-18-19-15/h3-4,6-7,11-12,16H,5,8-10H2,1-2H3,(H,17,18,19). The van der Waals surface area contributed by atoms with Crippen molar-refractivity contribution in [3.63, 3.8) is 0 Å². The number of hydrogen-bond donors (Lipinski definition) is 2. The number of H-pyrrole nitrogens is 1. The van der Waals surface area contributed by atoms with Gasteiger partial charge >= 0.3 is 0 Å². The van der Waals surface area contributed by atoms with Gasteiger partial charge in [-0.05, 0) is 32.9 Å². The minimum absolute atomic E-state index is 0.197. The van der Waals surface area contributed by atoms with Gasteiger partial charge in [-0.1, -0.05) is 18.2 Å². The molecule has 0 fully saturated rings. The Kier molecular flexibility index (Phi) is 5.55. The van der Waals surface area contributed by atoms with E-state index in [1.807, 2.05) is 32.0 Å². The fourth-order valence-electron chi connectivity index (χ4n) is 1.97. The highest BCUT2D eigenvalue weighted by Crippen LogP contribution is 2.18. The Morgan fingerprint density at radius 2 is 2.15 bits per heavy atom. The summed E-state index contributed by atoms with van der Waals surface area (Å²) in [4.78, 5) is 4.10. The van der Waals surface area contributed by atoms with E-state index in [2.05, 4.69) is 26.6 Å². The SMILES string of the molecule is CC(C)Oc1ccccc1CNCCCc1ncn[nH]1. The highest BCUT2D eigenvalue weighted by molar-refractivity contribution is 5.33. The fraction of sp³-hybridized carbons (Fsp3) is 0.467. The van der Waals surface area contributed by atoms with Gasteiger partial charge in [0, 0.05) is 18.5 Å². The number of rotatable bonds is 8. The van der Waals surface area contributed by atoms with Crippen molar-refractivity contribution in [2.75, 3.05) is 6.54 Å². The number of para-hydroxylation sites is 1. The van der Waals surface area contributed by atoms with Crippen LogP contribution in [0.4, 0.5) is 0 Å². The zero-order valence-corrected chi connectivity index (χ0v) is 12.1. The number of nitrogens with one attached hydrogen (secondary N) is 2. The summed E-state index contributed by atoms with van der Waals surface area (Å²) in [5, 5.41) is 10.1. The third kappa shape index (κ3) is 4.66. The lowest BCUT2D eigenvalue weighted by molar-refractivity contribution is 0.239. The fourth-order valence-corrected chi connectivity index (χ4v) is 1.97. The first kappa shape index (κ1) is 14.5. The zero-order valence-electron chi connectivity index (χ0n) is 12.1. The van der Waals surface area contributed by atoms with E-state index in [1.165, 1.54) is 5.56 Å². The van der Waals surface area contributed by atoms with E-state index in [0.29, 0.717) is 0 Å². The molecule has 0 aliphatic rings. The third-order valence-corrected chi connectivity index (χ3v) is 2.88. The topological polar surface area (TPSA) is 62.8 Å². The number of benzene rings is 1. The van der Waals surface area contributed by atoms with Gasteiger partial charge < -0.3 is 10.1 Å². The number of nitrogens with zero attached hydrogens (tertiary/aromatic N) is 2. The van der Waals surface area contributed by atoms with Crippen molar-refractivity contribution in [3.8, 4) is 5.75 Å². The summed E-state index contributed by atoms with van der Waals surface area (Å²) >= 11 is 0. The van der Waals surface area contributed by atoms with E-state index in [0.717, 1.165) is 37.5 Å². The van der Waals surface area contributed by atoms with E-state index in [4.69, 9.17) is 4.74 Å². The summed E-state index contributed by atoms with van der Waals surface area (Å²) in [6, 6.07) is 8.16. The second-order valence-electron chi connectivity index (χ2n) is 4.99. The molecule has 1 heterocycles. The van der Waals surface area contributed by atoms with E-state index in [9.17, 15) is 0 Å². The lowest BCUT2D eigenvalue weighted by atomic mass is 10.2. The molecular weight excluding hydrogens is 252 g/mol. The van der Waals surface area contributed by atoms with E-state index < -0.39 is 0 Å². The van der Waals surface area contributed by atoms with Gasteiger partial charge in [-0.15, -0.1) is 0 Å². The van der Waals surface area contributed by atoms with Crippen molar-refractivity contribution >= 4 is 0 Å². The summed E-state index contributed by atoms with van der Waals surface area (Å²) < 4.78 is 5.80. The molecule has 0 atom stereocenters. The summed E-state index contributed by atoms with van der Waals surface area (Å²) in [6.07, 6.45) is 3.68. The van der Waals surface area contributed by atoms with Crippen molar-refractivity contribution in [2.45, 2.75) is 39.3 Å². The molecule has 5 heteroatoms. The minimum atomic E-state index is 0.197. The van der Waals surface area contributed by atoms with Crippen LogP contribution in [0, 0.1) is 0 Å². The van der Waals surface area contributed by atoms with Gasteiger partial charge in [0.05, 0.1) is 6.10 Å². The molecule has 2 N–H and O–H groups in total. The van der Waals surface area contributed by atoms with Crippen LogP contribution in [-0.4, -0.2) is 27.8 Å². The van der Waals surface area contributed by atoms with E-state index in [1.54, 1.807) is 6.33 Å². The first-order chi connectivity index (χ1) is 9.75. The molecule has 0 aliphatic carbocycles. The second-order valence-corrected chi connectivity index (χ2v) is 4.99. The maximum Gasteiger partial charge on any atom is 0.137 e. The molecule has 0 saturated carbocycles. The average Bonchev–Trinajstić information content (AvgIpc) is 2.93. The molecule has 1 aromatic carbocycles. The lowest BCUT2D eigenvalue weighted by Gasteiger charge is -2.14. The maximum atomic E-state index is 5.80. The molecule has 0 spiro atoms. The molecule has 0 saturated heterocycles. The number of aromatic amines is 1. The van der Waals surface area contributed by atoms with Crippen LogP contribution in [0.5, 0.6) is 5.75 Å². The third-order valence-electron chi connectivity index (χ3n) is 2.88. The molecule has 2 aromatic rings. The van der Waals surface area contributed by atoms with Gasteiger partial charge in [0.25, 0.3) is 0 Å². The van der Waals surface area contributed by atoms with Gasteiger partial charge in [0.2, 0.25) is 0 Å². The molecule has 5 nitrogen and oxygen atoms in total. The summed E-state index contributed by atoms with van der Waals surface area (Å²) in [6.45, 7) is 5.85. The van der Waals surface area contributed by atoms with Crippen molar-refractivity contribution in [1.82, 2.24) is 20.5 Å². The Hall–Kier alpha value is -1.88. The van der Waals surface area contributed by atoms with Gasteiger partial charge in [0.1, 0.15) is 17.9 Å². The highest BCUT2D eigenvalue weighted by atomic mass is 16.5. The number of aromatic nitrogens is 3. The Morgan fingerprint density at radius 1 is 1.30 bits per heavy atom. The largest absolute Gasteiger partial charge is 0.491 e. The number of aryl methyl sites for hydroxylation is 1. The van der Waals surface area contributed by atoms with Gasteiger partial charge in [-0.25, -0.2) is 4.98 Å². The van der Waals surface area contributed by atoms with Gasteiger partial charge in [0.15, 0.2) is 0 Å². The predicted octanol–water partition coefficient (Wildman–Crippen LogP) is 2.31. The number of hydrogen-bond acceptors (Lipinski definition) is 4. The first-order valence-electron chi connectivity index (χ1n) is 7.05. The average molecular weight is 274 g/mol. The summed E-state index contributed by atoms with van der Waals surface area (Å²) in [5.41, 5.74) is 1.20. The smallest absolute Gasteiger partial charge is 0.137 e. The molecule has 1 aromatic heterocycles. The molecule has 20 heavy (non-hydrogen) atoms. The Labute approximate surface area is 119 Å². The molecule has 108 valence electrons. The van der Waals surface area contributed by atoms with E-state index >= 15 is 0 Å². The molecule has 0 bridgehead atoms. The van der Waals surface area contributed by atoms with Crippen LogP contribution in [0.25, 0.3) is 0 Å². The Balaban J connectivity index is 1.73. The molecular formula is C15H22N4O. The van der Waals surface area contributed by atoms with Crippen LogP contribution in [0.1, 0.15) is 31.7 Å². The van der Waals surface area contributed by atoms with Crippen LogP contribution in [0.3, 0.4) is 0 Å². The van der Waals surface area contributed by atoms with Gasteiger partial charge in [-0.3, -0.25) is 5.10 Å². The van der Waals surface area contributed by atoms with Crippen molar-refractivity contribution in [1.29, 1.82) is 0 Å². The first-order valence-corrected chi connectivity index (χ1v) is 7.05. The van der Waals surface area contributed by atoms with Gasteiger partial charge in [-0.2, -0.15) is 5.10 Å². The molecule has 0 unspecified atom stereocenters. The predicted molar refractivity (Wildman–Crippen MR) is 78.6 cm³/mol. The summed E-state index contributed by atoms with van der Waals surface area (Å²) in [5.74, 6) is 1.90. The molecule has 0 amide bonds. The molecule has 2 rings (SSSR count). The minimum Gasteiger partial charge on any atom is -0.491 e.